The predicted octanol–water partition coefficient (Wildman–Crippen LogP) is 4.38. The number of hydrogen-bond donors (Lipinski definition) is 1. The molecule has 0 aromatic heterocycles. The Balaban J connectivity index is 2.39. The number of hydrogen-bond acceptors (Lipinski definition) is 2. The van der Waals surface area contributed by atoms with Crippen LogP contribution in [0.3, 0.4) is 0 Å². The Morgan fingerprint density at radius 1 is 1.21 bits per heavy atom. The Bertz CT molecular complexity index is 378. The molecule has 4 heteroatoms. The van der Waals surface area contributed by atoms with Crippen LogP contribution in [0, 0.1) is 0 Å². The normalized spacial score (nSPS) is 12.9. The molecule has 2 nitrogen and oxygen atoms in total. The maximum absolute atomic E-state index is 6.22. The second-order valence-corrected chi connectivity index (χ2v) is 5.48. The summed E-state index contributed by atoms with van der Waals surface area (Å²) in [6.07, 6.45) is 1.14. The first-order chi connectivity index (χ1) is 9.10. The van der Waals surface area contributed by atoms with Gasteiger partial charge in [0.2, 0.25) is 0 Å². The molecule has 0 spiro atoms. The quantitative estimate of drug-likeness (QED) is 0.717. The molecule has 1 aromatic carbocycles. The third-order valence-corrected chi connectivity index (χ3v) is 4.28. The SMILES string of the molecule is CCN(CC)CCCNC(C)c1cccc(Cl)c1Cl. The zero-order valence-corrected chi connectivity index (χ0v) is 13.6. The summed E-state index contributed by atoms with van der Waals surface area (Å²) >= 11 is 12.2. The predicted molar refractivity (Wildman–Crippen MR) is 85.3 cm³/mol. The number of nitrogens with one attached hydrogen (secondary N) is 1. The van der Waals surface area contributed by atoms with Crippen molar-refractivity contribution in [1.82, 2.24) is 10.2 Å². The molecule has 1 atom stereocenters. The molecule has 0 aliphatic carbocycles. The van der Waals surface area contributed by atoms with E-state index in [1.807, 2.05) is 18.2 Å². The highest BCUT2D eigenvalue weighted by Gasteiger charge is 2.11. The summed E-state index contributed by atoms with van der Waals surface area (Å²) in [4.78, 5) is 2.43. The van der Waals surface area contributed by atoms with Crippen LogP contribution in [0.5, 0.6) is 0 Å². The van der Waals surface area contributed by atoms with E-state index < -0.39 is 0 Å². The summed E-state index contributed by atoms with van der Waals surface area (Å²) in [5.41, 5.74) is 1.07. The largest absolute Gasteiger partial charge is 0.310 e. The van der Waals surface area contributed by atoms with Gasteiger partial charge in [-0.2, -0.15) is 0 Å². The molecule has 0 bridgehead atoms. The van der Waals surface area contributed by atoms with E-state index in [2.05, 4.69) is 31.0 Å². The van der Waals surface area contributed by atoms with E-state index in [1.165, 1.54) is 0 Å². The fourth-order valence-electron chi connectivity index (χ4n) is 2.13. The number of halogens is 2. The number of benzene rings is 1. The minimum Gasteiger partial charge on any atom is -0.310 e. The van der Waals surface area contributed by atoms with E-state index in [-0.39, 0.29) is 6.04 Å². The summed E-state index contributed by atoms with van der Waals surface area (Å²) in [6, 6.07) is 6.01. The molecule has 0 aliphatic rings. The van der Waals surface area contributed by atoms with Crippen LogP contribution in [0.1, 0.15) is 38.8 Å². The van der Waals surface area contributed by atoms with Gasteiger partial charge in [0.25, 0.3) is 0 Å². The fraction of sp³-hybridized carbons (Fsp3) is 0.600. The van der Waals surface area contributed by atoms with Crippen molar-refractivity contribution in [2.45, 2.75) is 33.2 Å². The Kier molecular flexibility index (Phi) is 7.77. The molecule has 0 heterocycles. The smallest absolute Gasteiger partial charge is 0.0639 e. The summed E-state index contributed by atoms with van der Waals surface area (Å²) < 4.78 is 0. The van der Waals surface area contributed by atoms with Crippen molar-refractivity contribution < 1.29 is 0 Å². The highest BCUT2D eigenvalue weighted by atomic mass is 35.5. The van der Waals surface area contributed by atoms with Crippen molar-refractivity contribution in [1.29, 1.82) is 0 Å². The van der Waals surface area contributed by atoms with E-state index in [9.17, 15) is 0 Å². The van der Waals surface area contributed by atoms with Gasteiger partial charge in [0.05, 0.1) is 10.0 Å². The average Bonchev–Trinajstić information content (AvgIpc) is 2.42. The lowest BCUT2D eigenvalue weighted by atomic mass is 10.1. The second kappa shape index (κ2) is 8.80. The first-order valence-corrected chi connectivity index (χ1v) is 7.75. The lowest BCUT2D eigenvalue weighted by molar-refractivity contribution is 0.296. The van der Waals surface area contributed by atoms with E-state index in [1.54, 1.807) is 0 Å². The van der Waals surface area contributed by atoms with Crippen molar-refractivity contribution in [3.8, 4) is 0 Å². The first kappa shape index (κ1) is 16.8. The van der Waals surface area contributed by atoms with Gasteiger partial charge in [-0.3, -0.25) is 0 Å². The van der Waals surface area contributed by atoms with Crippen molar-refractivity contribution in [2.24, 2.45) is 0 Å². The Hall–Kier alpha value is -0.280. The van der Waals surface area contributed by atoms with Gasteiger partial charge in [0, 0.05) is 6.04 Å². The lowest BCUT2D eigenvalue weighted by Crippen LogP contribution is -2.28. The lowest BCUT2D eigenvalue weighted by Gasteiger charge is -2.20. The maximum atomic E-state index is 6.22. The molecule has 19 heavy (non-hydrogen) atoms. The summed E-state index contributed by atoms with van der Waals surface area (Å²) in [6.45, 7) is 10.9. The summed E-state index contributed by atoms with van der Waals surface area (Å²) in [7, 11) is 0. The molecule has 0 amide bonds. The van der Waals surface area contributed by atoms with Gasteiger partial charge in [0.1, 0.15) is 0 Å². The number of nitrogens with zero attached hydrogens (tertiary/aromatic N) is 1. The second-order valence-electron chi connectivity index (χ2n) is 4.70. The molecular formula is C15H24Cl2N2. The van der Waals surface area contributed by atoms with Crippen LogP contribution in [0.25, 0.3) is 0 Å². The molecule has 0 fully saturated rings. The minimum absolute atomic E-state index is 0.225. The van der Waals surface area contributed by atoms with Crippen LogP contribution in [0.4, 0.5) is 0 Å². The van der Waals surface area contributed by atoms with Gasteiger partial charge < -0.3 is 10.2 Å². The molecule has 0 aliphatic heterocycles. The minimum atomic E-state index is 0.225. The molecule has 1 aromatic rings. The Labute approximate surface area is 127 Å². The van der Waals surface area contributed by atoms with Gasteiger partial charge in [-0.05, 0) is 51.2 Å². The first-order valence-electron chi connectivity index (χ1n) is 6.99. The van der Waals surface area contributed by atoms with E-state index in [0.29, 0.717) is 10.0 Å². The molecule has 108 valence electrons. The van der Waals surface area contributed by atoms with Crippen LogP contribution >= 0.6 is 23.2 Å². The number of rotatable bonds is 8. The van der Waals surface area contributed by atoms with E-state index >= 15 is 0 Å². The van der Waals surface area contributed by atoms with Crippen LogP contribution in [0.15, 0.2) is 18.2 Å². The molecule has 1 N–H and O–H groups in total. The molecule has 0 saturated heterocycles. The van der Waals surface area contributed by atoms with Crippen molar-refractivity contribution >= 4 is 23.2 Å². The van der Waals surface area contributed by atoms with Crippen molar-refractivity contribution in [3.05, 3.63) is 33.8 Å². The van der Waals surface area contributed by atoms with Crippen LogP contribution in [-0.4, -0.2) is 31.1 Å². The van der Waals surface area contributed by atoms with E-state index in [4.69, 9.17) is 23.2 Å². The average molecular weight is 303 g/mol. The molecule has 0 radical (unpaired) electrons. The van der Waals surface area contributed by atoms with Gasteiger partial charge >= 0.3 is 0 Å². The van der Waals surface area contributed by atoms with Gasteiger partial charge in [-0.15, -0.1) is 0 Å². The molecular weight excluding hydrogens is 279 g/mol. The highest BCUT2D eigenvalue weighted by Crippen LogP contribution is 2.29. The zero-order chi connectivity index (χ0) is 14.3. The fourth-order valence-corrected chi connectivity index (χ4v) is 2.60. The van der Waals surface area contributed by atoms with Crippen LogP contribution in [-0.2, 0) is 0 Å². The molecule has 1 rings (SSSR count). The monoisotopic (exact) mass is 302 g/mol. The van der Waals surface area contributed by atoms with Crippen LogP contribution in [0.2, 0.25) is 10.0 Å². The molecule has 0 saturated carbocycles. The Morgan fingerprint density at radius 3 is 2.53 bits per heavy atom. The van der Waals surface area contributed by atoms with Gasteiger partial charge in [-0.25, -0.2) is 0 Å². The van der Waals surface area contributed by atoms with E-state index in [0.717, 1.165) is 38.2 Å². The van der Waals surface area contributed by atoms with Gasteiger partial charge in [0.15, 0.2) is 0 Å². The van der Waals surface area contributed by atoms with Crippen molar-refractivity contribution in [2.75, 3.05) is 26.2 Å². The standard InChI is InChI=1S/C15H24Cl2N2/c1-4-19(5-2)11-7-10-18-12(3)13-8-6-9-14(16)15(13)17/h6,8-9,12,18H,4-5,7,10-11H2,1-3H3. The summed E-state index contributed by atoms with van der Waals surface area (Å²) in [5.74, 6) is 0. The van der Waals surface area contributed by atoms with Crippen LogP contribution < -0.4 is 5.32 Å². The summed E-state index contributed by atoms with van der Waals surface area (Å²) in [5, 5.41) is 4.78. The third kappa shape index (κ3) is 5.31. The third-order valence-electron chi connectivity index (χ3n) is 3.44. The Morgan fingerprint density at radius 2 is 1.89 bits per heavy atom. The maximum Gasteiger partial charge on any atom is 0.0639 e. The molecule has 1 unspecified atom stereocenters. The van der Waals surface area contributed by atoms with Gasteiger partial charge in [-0.1, -0.05) is 49.2 Å². The topological polar surface area (TPSA) is 15.3 Å². The zero-order valence-electron chi connectivity index (χ0n) is 12.0. The van der Waals surface area contributed by atoms with Crippen molar-refractivity contribution in [3.63, 3.8) is 0 Å². The highest BCUT2D eigenvalue weighted by molar-refractivity contribution is 6.42.